The lowest BCUT2D eigenvalue weighted by molar-refractivity contribution is 0.102. The highest BCUT2D eigenvalue weighted by molar-refractivity contribution is 6.11. The van der Waals surface area contributed by atoms with Crippen molar-refractivity contribution in [2.24, 2.45) is 0 Å². The van der Waals surface area contributed by atoms with Crippen LogP contribution >= 0.6 is 0 Å². The highest BCUT2D eigenvalue weighted by Gasteiger charge is 2.15. The topological polar surface area (TPSA) is 88.5 Å². The molecule has 25 heavy (non-hydrogen) atoms. The molecule has 7 nitrogen and oxygen atoms in total. The van der Waals surface area contributed by atoms with Gasteiger partial charge in [0, 0.05) is 5.69 Å². The van der Waals surface area contributed by atoms with Gasteiger partial charge in [-0.3, -0.25) is 9.36 Å². The van der Waals surface area contributed by atoms with Crippen LogP contribution in [0.1, 0.15) is 16.2 Å². The number of hydrogen-bond acceptors (Lipinski definition) is 4. The minimum Gasteiger partial charge on any atom is -0.344 e. The summed E-state index contributed by atoms with van der Waals surface area (Å²) in [6.45, 7) is 1.83. The minimum atomic E-state index is -0.504. The average Bonchev–Trinajstić information content (AvgIpc) is 3.22. The Morgan fingerprint density at radius 2 is 2.16 bits per heavy atom. The SMILES string of the molecule is Cc1nncn1-c1cccc(NC(=O)c2cc(F)cc3[nH]cnc23)c1. The van der Waals surface area contributed by atoms with Crippen molar-refractivity contribution in [3.8, 4) is 5.69 Å². The van der Waals surface area contributed by atoms with Crippen LogP contribution < -0.4 is 5.32 Å². The molecule has 0 saturated carbocycles. The molecule has 1 amide bonds. The monoisotopic (exact) mass is 336 g/mol. The summed E-state index contributed by atoms with van der Waals surface area (Å²) in [5.74, 6) is -0.211. The zero-order valence-corrected chi connectivity index (χ0v) is 13.2. The molecule has 2 heterocycles. The second kappa shape index (κ2) is 5.82. The van der Waals surface area contributed by atoms with Crippen molar-refractivity contribution < 1.29 is 9.18 Å². The zero-order valence-electron chi connectivity index (χ0n) is 13.2. The standard InChI is InChI=1S/C17H13FN6O/c1-10-23-21-9-24(10)13-4-2-3-12(7-13)22-17(25)14-5-11(18)6-15-16(14)20-8-19-15/h2-9H,1H3,(H,19,20)(H,22,25). The lowest BCUT2D eigenvalue weighted by atomic mass is 10.1. The van der Waals surface area contributed by atoms with Gasteiger partial charge in [0.25, 0.3) is 5.91 Å². The third-order valence-corrected chi connectivity index (χ3v) is 3.83. The number of rotatable bonds is 3. The molecule has 2 aromatic heterocycles. The maximum atomic E-state index is 13.7. The van der Waals surface area contributed by atoms with Crippen LogP contribution in [0.15, 0.2) is 49.1 Å². The molecule has 0 saturated heterocycles. The summed E-state index contributed by atoms with van der Waals surface area (Å²) in [4.78, 5) is 19.5. The Bertz CT molecular complexity index is 1080. The van der Waals surface area contributed by atoms with Gasteiger partial charge in [0.15, 0.2) is 0 Å². The van der Waals surface area contributed by atoms with Crippen LogP contribution in [-0.4, -0.2) is 30.6 Å². The van der Waals surface area contributed by atoms with Gasteiger partial charge >= 0.3 is 0 Å². The fraction of sp³-hybridized carbons (Fsp3) is 0.0588. The number of anilines is 1. The highest BCUT2D eigenvalue weighted by atomic mass is 19.1. The molecule has 0 aliphatic heterocycles. The number of aromatic amines is 1. The normalized spacial score (nSPS) is 11.0. The molecule has 2 N–H and O–H groups in total. The number of aromatic nitrogens is 5. The Labute approximate surface area is 141 Å². The van der Waals surface area contributed by atoms with E-state index in [1.807, 2.05) is 13.0 Å². The van der Waals surface area contributed by atoms with Crippen molar-refractivity contribution in [2.75, 3.05) is 5.32 Å². The molecular weight excluding hydrogens is 323 g/mol. The van der Waals surface area contributed by atoms with Gasteiger partial charge in [-0.15, -0.1) is 10.2 Å². The number of amides is 1. The zero-order chi connectivity index (χ0) is 17.4. The maximum Gasteiger partial charge on any atom is 0.258 e. The summed E-state index contributed by atoms with van der Waals surface area (Å²) < 4.78 is 15.5. The summed E-state index contributed by atoms with van der Waals surface area (Å²) in [5, 5.41) is 10.6. The predicted molar refractivity (Wildman–Crippen MR) is 90.1 cm³/mol. The quantitative estimate of drug-likeness (QED) is 0.602. The number of H-pyrrole nitrogens is 1. The molecule has 124 valence electrons. The van der Waals surface area contributed by atoms with Crippen LogP contribution in [0.5, 0.6) is 0 Å². The maximum absolute atomic E-state index is 13.7. The summed E-state index contributed by atoms with van der Waals surface area (Å²) >= 11 is 0. The summed E-state index contributed by atoms with van der Waals surface area (Å²) in [7, 11) is 0. The van der Waals surface area contributed by atoms with Crippen LogP contribution in [-0.2, 0) is 0 Å². The number of benzene rings is 2. The number of fused-ring (bicyclic) bond motifs is 1. The van der Waals surface area contributed by atoms with E-state index in [2.05, 4.69) is 25.5 Å². The van der Waals surface area contributed by atoms with Gasteiger partial charge in [-0.2, -0.15) is 0 Å². The highest BCUT2D eigenvalue weighted by Crippen LogP contribution is 2.20. The first-order valence-corrected chi connectivity index (χ1v) is 7.53. The van der Waals surface area contributed by atoms with Gasteiger partial charge in [-0.05, 0) is 37.3 Å². The van der Waals surface area contributed by atoms with Gasteiger partial charge in [-0.25, -0.2) is 9.37 Å². The van der Waals surface area contributed by atoms with Gasteiger partial charge in [0.2, 0.25) is 0 Å². The molecule has 0 atom stereocenters. The van der Waals surface area contributed by atoms with E-state index in [0.29, 0.717) is 16.7 Å². The molecule has 0 spiro atoms. The molecule has 0 fully saturated rings. The summed E-state index contributed by atoms with van der Waals surface area (Å²) in [5.41, 5.74) is 2.44. The Balaban J connectivity index is 1.67. The van der Waals surface area contributed by atoms with Crippen molar-refractivity contribution in [1.29, 1.82) is 0 Å². The molecule has 4 aromatic rings. The molecular formula is C17H13FN6O. The number of hydrogen-bond donors (Lipinski definition) is 2. The second-order valence-electron chi connectivity index (χ2n) is 5.50. The predicted octanol–water partition coefficient (Wildman–Crippen LogP) is 2.84. The molecule has 0 aliphatic carbocycles. The van der Waals surface area contributed by atoms with Crippen LogP contribution in [0, 0.1) is 12.7 Å². The first kappa shape index (κ1) is 15.0. The number of aryl methyl sites for hydroxylation is 1. The molecule has 0 aliphatic rings. The van der Waals surface area contributed by atoms with Crippen LogP contribution in [0.2, 0.25) is 0 Å². The van der Waals surface area contributed by atoms with E-state index in [-0.39, 0.29) is 5.56 Å². The van der Waals surface area contributed by atoms with Crippen LogP contribution in [0.3, 0.4) is 0 Å². The second-order valence-corrected chi connectivity index (χ2v) is 5.50. The Kier molecular flexibility index (Phi) is 3.50. The first-order chi connectivity index (χ1) is 12.1. The van der Waals surface area contributed by atoms with E-state index >= 15 is 0 Å². The number of imidazole rings is 1. The molecule has 0 radical (unpaired) electrons. The third kappa shape index (κ3) is 2.74. The van der Waals surface area contributed by atoms with Crippen molar-refractivity contribution in [2.45, 2.75) is 6.92 Å². The first-order valence-electron chi connectivity index (χ1n) is 7.53. The van der Waals surface area contributed by atoms with E-state index in [1.165, 1.54) is 18.5 Å². The van der Waals surface area contributed by atoms with Crippen molar-refractivity contribution in [3.05, 3.63) is 66.3 Å². The number of carbonyl (C=O) groups excluding carboxylic acids is 1. The van der Waals surface area contributed by atoms with Gasteiger partial charge in [0.05, 0.1) is 23.1 Å². The summed E-state index contributed by atoms with van der Waals surface area (Å²) in [6.07, 6.45) is 3.02. The Morgan fingerprint density at radius 1 is 1.28 bits per heavy atom. The minimum absolute atomic E-state index is 0.169. The molecule has 0 bridgehead atoms. The molecule has 0 unspecified atom stereocenters. The van der Waals surface area contributed by atoms with Crippen molar-refractivity contribution >= 4 is 22.6 Å². The van der Waals surface area contributed by atoms with Crippen molar-refractivity contribution in [1.82, 2.24) is 24.7 Å². The van der Waals surface area contributed by atoms with E-state index < -0.39 is 11.7 Å². The number of carbonyl (C=O) groups is 1. The summed E-state index contributed by atoms with van der Waals surface area (Å²) in [6, 6.07) is 9.69. The van der Waals surface area contributed by atoms with Crippen LogP contribution in [0.25, 0.3) is 16.7 Å². The molecule has 2 aromatic carbocycles. The largest absolute Gasteiger partial charge is 0.344 e. The van der Waals surface area contributed by atoms with Gasteiger partial charge in [-0.1, -0.05) is 6.07 Å². The fourth-order valence-electron chi connectivity index (χ4n) is 2.67. The van der Waals surface area contributed by atoms with Crippen molar-refractivity contribution in [3.63, 3.8) is 0 Å². The van der Waals surface area contributed by atoms with E-state index in [0.717, 1.165) is 11.5 Å². The third-order valence-electron chi connectivity index (χ3n) is 3.83. The number of nitrogens with zero attached hydrogens (tertiary/aromatic N) is 4. The number of halogens is 1. The lowest BCUT2D eigenvalue weighted by Gasteiger charge is -2.09. The van der Waals surface area contributed by atoms with E-state index in [1.54, 1.807) is 29.1 Å². The molecule has 8 heteroatoms. The number of nitrogens with one attached hydrogen (secondary N) is 2. The van der Waals surface area contributed by atoms with E-state index in [9.17, 15) is 9.18 Å². The Hall–Kier alpha value is -3.55. The Morgan fingerprint density at radius 3 is 2.96 bits per heavy atom. The van der Waals surface area contributed by atoms with Crippen LogP contribution in [0.4, 0.5) is 10.1 Å². The fourth-order valence-corrected chi connectivity index (χ4v) is 2.67. The van der Waals surface area contributed by atoms with E-state index in [4.69, 9.17) is 0 Å². The molecule has 4 rings (SSSR count). The van der Waals surface area contributed by atoms with Gasteiger partial charge in [0.1, 0.15) is 23.5 Å². The lowest BCUT2D eigenvalue weighted by Crippen LogP contribution is -2.13. The van der Waals surface area contributed by atoms with Gasteiger partial charge < -0.3 is 10.3 Å². The average molecular weight is 336 g/mol. The smallest absolute Gasteiger partial charge is 0.258 e.